The zero-order chi connectivity index (χ0) is 29.0. The molecule has 12 nitrogen and oxygen atoms in total. The molecule has 0 spiro atoms. The highest BCUT2D eigenvalue weighted by Crippen LogP contribution is 2.44. The minimum Gasteiger partial charge on any atom is -0.365 e. The number of thiophene rings is 1. The lowest BCUT2D eigenvalue weighted by atomic mass is 10.0. The van der Waals surface area contributed by atoms with E-state index in [0.29, 0.717) is 22.6 Å². The Balaban J connectivity index is 1.82. The number of alkyl halides is 3. The lowest BCUT2D eigenvalue weighted by Gasteiger charge is -2.15. The van der Waals surface area contributed by atoms with Gasteiger partial charge in [-0.05, 0) is 32.4 Å². The number of halogens is 3. The van der Waals surface area contributed by atoms with E-state index in [4.69, 9.17) is 5.73 Å². The molecule has 3 N–H and O–H groups in total. The van der Waals surface area contributed by atoms with E-state index in [2.05, 4.69) is 20.5 Å². The molecule has 0 aromatic carbocycles. The molecule has 206 valence electrons. The van der Waals surface area contributed by atoms with Gasteiger partial charge in [-0.25, -0.2) is 4.98 Å². The predicted octanol–water partition coefficient (Wildman–Crippen LogP) is 4.12. The van der Waals surface area contributed by atoms with Gasteiger partial charge in [-0.2, -0.15) is 23.4 Å². The highest BCUT2D eigenvalue weighted by Gasteiger charge is 2.36. The molecule has 0 radical (unpaired) electrons. The molecule has 0 aliphatic carbocycles. The van der Waals surface area contributed by atoms with Gasteiger partial charge in [0, 0.05) is 23.7 Å². The summed E-state index contributed by atoms with van der Waals surface area (Å²) in [6, 6.07) is 0.845. The van der Waals surface area contributed by atoms with Crippen molar-refractivity contribution in [3.05, 3.63) is 50.0 Å². The quantitative estimate of drug-likeness (QED) is 0.252. The SMILES string of the molecule is Cc1nn(CC(C)C(=O)Nc2c(C(N)=O)sc3nc(C(F)(F)F)cc(-c4cnn(C)c4C)c23)c(C)c1[N+](=O)[O-]. The molecule has 1 atom stereocenters. The maximum atomic E-state index is 13.7. The van der Waals surface area contributed by atoms with Gasteiger partial charge < -0.3 is 11.1 Å². The molecule has 4 heterocycles. The Morgan fingerprint density at radius 2 is 1.90 bits per heavy atom. The zero-order valence-electron chi connectivity index (χ0n) is 21.4. The summed E-state index contributed by atoms with van der Waals surface area (Å²) in [5.41, 5.74) is 5.54. The molecule has 0 aliphatic heterocycles. The Kier molecular flexibility index (Phi) is 6.93. The molecule has 39 heavy (non-hydrogen) atoms. The first kappa shape index (κ1) is 27.7. The van der Waals surface area contributed by atoms with E-state index < -0.39 is 34.5 Å². The van der Waals surface area contributed by atoms with Crippen molar-refractivity contribution in [1.82, 2.24) is 24.5 Å². The number of nitro groups is 1. The number of anilines is 1. The molecule has 0 bridgehead atoms. The third-order valence-corrected chi connectivity index (χ3v) is 7.47. The summed E-state index contributed by atoms with van der Waals surface area (Å²) >= 11 is 0.632. The first-order valence-corrected chi connectivity index (χ1v) is 12.3. The number of aromatic nitrogens is 5. The third-order valence-electron chi connectivity index (χ3n) is 6.37. The Hall–Kier alpha value is -4.34. The standard InChI is InChI=1S/C23H23F3N8O4S/c1-9(8-33-12(4)18(34(37)38)10(2)31-33)21(36)30-17-16-13(14-7-28-32(5)11(14)3)6-15(23(24,25)26)29-22(16)39-19(17)20(27)35/h6-7,9H,8H2,1-5H3,(H2,27,35)(H,30,36). The molecule has 4 aromatic heterocycles. The summed E-state index contributed by atoms with van der Waals surface area (Å²) in [6.45, 7) is 6.16. The van der Waals surface area contributed by atoms with Crippen molar-refractivity contribution in [1.29, 1.82) is 0 Å². The van der Waals surface area contributed by atoms with Gasteiger partial charge in [0.2, 0.25) is 5.91 Å². The third kappa shape index (κ3) is 4.94. The van der Waals surface area contributed by atoms with E-state index in [9.17, 15) is 32.9 Å². The average Bonchev–Trinajstić information content (AvgIpc) is 3.46. The molecular weight excluding hydrogens is 541 g/mol. The summed E-state index contributed by atoms with van der Waals surface area (Å²) in [7, 11) is 1.62. The van der Waals surface area contributed by atoms with Gasteiger partial charge in [0.15, 0.2) is 0 Å². The van der Waals surface area contributed by atoms with Crippen LogP contribution < -0.4 is 11.1 Å². The number of carbonyl (C=O) groups is 2. The van der Waals surface area contributed by atoms with Crippen molar-refractivity contribution in [3.63, 3.8) is 0 Å². The van der Waals surface area contributed by atoms with Crippen molar-refractivity contribution in [2.45, 2.75) is 40.4 Å². The minimum absolute atomic E-state index is 0.0363. The maximum absolute atomic E-state index is 13.7. The molecule has 0 fully saturated rings. The van der Waals surface area contributed by atoms with Gasteiger partial charge in [0.1, 0.15) is 26.8 Å². The minimum atomic E-state index is -4.78. The number of nitrogens with two attached hydrogens (primary N) is 1. The van der Waals surface area contributed by atoms with E-state index in [-0.39, 0.29) is 50.0 Å². The number of hydrogen-bond acceptors (Lipinski definition) is 8. The van der Waals surface area contributed by atoms with Crippen LogP contribution in [0.4, 0.5) is 24.5 Å². The first-order chi connectivity index (χ1) is 18.1. The smallest absolute Gasteiger partial charge is 0.365 e. The fourth-order valence-corrected chi connectivity index (χ4v) is 5.24. The maximum Gasteiger partial charge on any atom is 0.433 e. The summed E-state index contributed by atoms with van der Waals surface area (Å²) < 4.78 is 44.0. The summed E-state index contributed by atoms with van der Waals surface area (Å²) in [6.07, 6.45) is -3.40. The van der Waals surface area contributed by atoms with Crippen LogP contribution in [0.1, 0.15) is 39.4 Å². The lowest BCUT2D eigenvalue weighted by Crippen LogP contribution is -2.26. The largest absolute Gasteiger partial charge is 0.433 e. The van der Waals surface area contributed by atoms with Gasteiger partial charge in [-0.15, -0.1) is 11.3 Å². The summed E-state index contributed by atoms with van der Waals surface area (Å²) in [5, 5.41) is 22.3. The number of aryl methyl sites for hydroxylation is 2. The van der Waals surface area contributed by atoms with Crippen LogP contribution in [0.2, 0.25) is 0 Å². The Bertz CT molecular complexity index is 1650. The van der Waals surface area contributed by atoms with Crippen molar-refractivity contribution >= 4 is 44.7 Å². The van der Waals surface area contributed by atoms with Gasteiger partial charge in [0.05, 0.1) is 29.3 Å². The summed E-state index contributed by atoms with van der Waals surface area (Å²) in [4.78, 5) is 39.7. The average molecular weight is 565 g/mol. The number of nitrogens with one attached hydrogen (secondary N) is 1. The Labute approximate surface area is 222 Å². The molecule has 1 unspecified atom stereocenters. The molecule has 0 aliphatic rings. The van der Waals surface area contributed by atoms with Crippen molar-refractivity contribution in [2.75, 3.05) is 5.32 Å². The van der Waals surface area contributed by atoms with E-state index in [0.717, 1.165) is 6.07 Å². The second kappa shape index (κ2) is 9.76. The van der Waals surface area contributed by atoms with E-state index in [1.807, 2.05) is 0 Å². The predicted molar refractivity (Wildman–Crippen MR) is 136 cm³/mol. The van der Waals surface area contributed by atoms with Crippen LogP contribution in [-0.2, 0) is 24.6 Å². The van der Waals surface area contributed by atoms with E-state index >= 15 is 0 Å². The van der Waals surface area contributed by atoms with Gasteiger partial charge in [-0.3, -0.25) is 29.1 Å². The zero-order valence-corrected chi connectivity index (χ0v) is 22.2. The van der Waals surface area contributed by atoms with Crippen LogP contribution in [0, 0.1) is 36.8 Å². The van der Waals surface area contributed by atoms with Crippen molar-refractivity contribution in [3.8, 4) is 11.1 Å². The summed E-state index contributed by atoms with van der Waals surface area (Å²) in [5.74, 6) is -2.39. The molecule has 0 saturated heterocycles. The highest BCUT2D eigenvalue weighted by molar-refractivity contribution is 7.21. The number of carbonyl (C=O) groups excluding carboxylic acids is 2. The number of hydrogen-bond donors (Lipinski definition) is 2. The fraction of sp³-hybridized carbons (Fsp3) is 0.348. The fourth-order valence-electron chi connectivity index (χ4n) is 4.23. The van der Waals surface area contributed by atoms with E-state index in [1.165, 1.54) is 29.4 Å². The normalized spacial score (nSPS) is 12.6. The molecule has 4 rings (SSSR count). The molecular formula is C23H23F3N8O4S. The number of rotatable bonds is 7. The molecule has 0 saturated carbocycles. The Morgan fingerprint density at radius 3 is 2.41 bits per heavy atom. The van der Waals surface area contributed by atoms with Crippen LogP contribution in [-0.4, -0.2) is 41.3 Å². The molecule has 16 heteroatoms. The van der Waals surface area contributed by atoms with E-state index in [1.54, 1.807) is 20.9 Å². The van der Waals surface area contributed by atoms with Crippen molar-refractivity contribution in [2.24, 2.45) is 18.7 Å². The van der Waals surface area contributed by atoms with Gasteiger partial charge in [0.25, 0.3) is 5.91 Å². The van der Waals surface area contributed by atoms with Crippen LogP contribution >= 0.6 is 11.3 Å². The second-order valence-electron chi connectivity index (χ2n) is 9.02. The van der Waals surface area contributed by atoms with Crippen LogP contribution in [0.3, 0.4) is 0 Å². The Morgan fingerprint density at radius 1 is 1.23 bits per heavy atom. The van der Waals surface area contributed by atoms with Crippen molar-refractivity contribution < 1.29 is 27.7 Å². The molecule has 2 amide bonds. The highest BCUT2D eigenvalue weighted by atomic mass is 32.1. The number of pyridine rings is 1. The molecule has 4 aromatic rings. The number of fused-ring (bicyclic) bond motifs is 1. The lowest BCUT2D eigenvalue weighted by molar-refractivity contribution is -0.386. The van der Waals surface area contributed by atoms with Gasteiger partial charge in [-0.1, -0.05) is 6.92 Å². The van der Waals surface area contributed by atoms with Crippen LogP contribution in [0.5, 0.6) is 0 Å². The van der Waals surface area contributed by atoms with Crippen LogP contribution in [0.15, 0.2) is 12.3 Å². The number of nitrogens with zero attached hydrogens (tertiary/aromatic N) is 6. The number of amides is 2. The van der Waals surface area contributed by atoms with Gasteiger partial charge >= 0.3 is 11.9 Å². The first-order valence-electron chi connectivity index (χ1n) is 11.4. The van der Waals surface area contributed by atoms with Crippen LogP contribution in [0.25, 0.3) is 21.3 Å². The topological polar surface area (TPSA) is 164 Å². The monoisotopic (exact) mass is 564 g/mol. The number of primary amides is 1. The second-order valence-corrected chi connectivity index (χ2v) is 10.0.